The van der Waals surface area contributed by atoms with Crippen molar-refractivity contribution in [3.05, 3.63) is 71.7 Å². The van der Waals surface area contributed by atoms with Crippen molar-refractivity contribution in [3.8, 4) is 11.3 Å². The first-order chi connectivity index (χ1) is 19.8. The Balaban J connectivity index is 1.29. The molecule has 4 heterocycles. The molecule has 3 aromatic heterocycles. The third-order valence-corrected chi connectivity index (χ3v) is 8.30. The van der Waals surface area contributed by atoms with E-state index in [1.54, 1.807) is 42.7 Å². The van der Waals surface area contributed by atoms with Gasteiger partial charge in [0.1, 0.15) is 11.6 Å². The molecule has 0 bridgehead atoms. The highest BCUT2D eigenvalue weighted by Crippen LogP contribution is 2.40. The number of amides is 1. The zero-order chi connectivity index (χ0) is 28.7. The maximum absolute atomic E-state index is 15.3. The minimum absolute atomic E-state index is 0.000985. The van der Waals surface area contributed by atoms with Crippen molar-refractivity contribution in [2.45, 2.75) is 57.2 Å². The number of carbonyl (C=O) groups excluding carboxylic acids is 1. The van der Waals surface area contributed by atoms with Crippen LogP contribution in [0.5, 0.6) is 0 Å². The van der Waals surface area contributed by atoms with Gasteiger partial charge < -0.3 is 20.7 Å². The average molecular weight is 562 g/mol. The summed E-state index contributed by atoms with van der Waals surface area (Å²) < 4.78 is 37.7. The van der Waals surface area contributed by atoms with Crippen molar-refractivity contribution in [3.63, 3.8) is 0 Å². The standard InChI is InChI=1S/C30H33F2N7O2/c1-17-10-19(13-24(33)29(17)41-2)21-7-8-34-15-26(21)36-30-35-14-20-5-6-25(37-39(20)30)28-22(31)11-18(12-23(28)32)16-38-9-3-4-27(38)40/h5-8,11-12,14-15,17,19,24,29H,3-4,9-10,13,16,33H2,1-2H3,(H,35,36)/t17-,19+,24+,29+/m0/s1. The number of ether oxygens (including phenoxy) is 1. The molecule has 214 valence electrons. The average Bonchev–Trinajstić information content (AvgIpc) is 3.53. The molecule has 6 rings (SSSR count). The zero-order valence-corrected chi connectivity index (χ0v) is 23.1. The number of fused-ring (bicyclic) bond motifs is 1. The molecule has 1 aliphatic heterocycles. The molecule has 1 amide bonds. The van der Waals surface area contributed by atoms with Crippen LogP contribution in [0.25, 0.3) is 16.8 Å². The first-order valence-electron chi connectivity index (χ1n) is 13.9. The number of halogens is 2. The van der Waals surface area contributed by atoms with Gasteiger partial charge in [-0.05, 0) is 72.6 Å². The molecule has 0 radical (unpaired) electrons. The second-order valence-corrected chi connectivity index (χ2v) is 11.1. The predicted molar refractivity (Wildman–Crippen MR) is 150 cm³/mol. The fourth-order valence-electron chi connectivity index (χ4n) is 6.37. The Morgan fingerprint density at radius 2 is 1.95 bits per heavy atom. The maximum atomic E-state index is 15.3. The monoisotopic (exact) mass is 561 g/mol. The highest BCUT2D eigenvalue weighted by molar-refractivity contribution is 5.78. The first-order valence-corrected chi connectivity index (χ1v) is 13.9. The second kappa shape index (κ2) is 11.1. The summed E-state index contributed by atoms with van der Waals surface area (Å²) >= 11 is 0. The normalized spacial score (nSPS) is 23.0. The van der Waals surface area contributed by atoms with Crippen molar-refractivity contribution in [1.82, 2.24) is 24.5 Å². The summed E-state index contributed by atoms with van der Waals surface area (Å²) in [6.45, 7) is 2.93. The molecule has 0 spiro atoms. The molecule has 3 N–H and O–H groups in total. The highest BCUT2D eigenvalue weighted by atomic mass is 19.1. The largest absolute Gasteiger partial charge is 0.380 e. The quantitative estimate of drug-likeness (QED) is 0.334. The van der Waals surface area contributed by atoms with Crippen molar-refractivity contribution in [2.75, 3.05) is 19.0 Å². The molecule has 1 saturated heterocycles. The summed E-state index contributed by atoms with van der Waals surface area (Å²) in [6.07, 6.45) is 8.06. The molecule has 9 nitrogen and oxygen atoms in total. The van der Waals surface area contributed by atoms with E-state index in [4.69, 9.17) is 10.5 Å². The third-order valence-electron chi connectivity index (χ3n) is 8.30. The van der Waals surface area contributed by atoms with E-state index >= 15 is 8.78 Å². The van der Waals surface area contributed by atoms with Crippen LogP contribution >= 0.6 is 0 Å². The molecule has 2 aliphatic rings. The van der Waals surface area contributed by atoms with E-state index in [1.165, 1.54) is 16.6 Å². The lowest BCUT2D eigenvalue weighted by Crippen LogP contribution is -2.45. The Hall–Kier alpha value is -3.96. The smallest absolute Gasteiger partial charge is 0.229 e. The van der Waals surface area contributed by atoms with Gasteiger partial charge in [-0.3, -0.25) is 9.78 Å². The SMILES string of the molecule is CO[C@H]1[C@H](N)C[C@H](c2ccncc2Nc2ncc3ccc(-c4c(F)cc(CN5CCCC5=O)cc4F)nn23)C[C@@H]1C. The molecule has 1 saturated carbocycles. The molecular weight excluding hydrogens is 528 g/mol. The Labute approximate surface area is 236 Å². The molecular formula is C30H33F2N7O2. The van der Waals surface area contributed by atoms with Gasteiger partial charge in [-0.2, -0.15) is 9.61 Å². The molecule has 2 fully saturated rings. The molecule has 11 heteroatoms. The van der Waals surface area contributed by atoms with Crippen LogP contribution in [0.2, 0.25) is 0 Å². The minimum atomic E-state index is -0.736. The van der Waals surface area contributed by atoms with E-state index in [0.717, 1.165) is 30.5 Å². The van der Waals surface area contributed by atoms with Crippen LogP contribution in [0.1, 0.15) is 49.7 Å². The van der Waals surface area contributed by atoms with E-state index in [9.17, 15) is 4.79 Å². The van der Waals surface area contributed by atoms with Gasteiger partial charge in [-0.15, -0.1) is 0 Å². The summed E-state index contributed by atoms with van der Waals surface area (Å²) in [5.74, 6) is -0.593. The number of methoxy groups -OCH3 is 1. The second-order valence-electron chi connectivity index (χ2n) is 11.1. The highest BCUT2D eigenvalue weighted by Gasteiger charge is 2.35. The molecule has 0 unspecified atom stereocenters. The Morgan fingerprint density at radius 3 is 2.66 bits per heavy atom. The van der Waals surface area contributed by atoms with Gasteiger partial charge in [-0.25, -0.2) is 13.8 Å². The number of nitrogens with one attached hydrogen (secondary N) is 1. The van der Waals surface area contributed by atoms with Crippen molar-refractivity contribution >= 4 is 23.1 Å². The summed E-state index contributed by atoms with van der Waals surface area (Å²) in [4.78, 5) is 22.4. The summed E-state index contributed by atoms with van der Waals surface area (Å²) in [6, 6.07) is 7.73. The Kier molecular flexibility index (Phi) is 7.39. The minimum Gasteiger partial charge on any atom is -0.380 e. The van der Waals surface area contributed by atoms with E-state index < -0.39 is 11.6 Å². The predicted octanol–water partition coefficient (Wildman–Crippen LogP) is 4.79. The number of benzene rings is 1. The van der Waals surface area contributed by atoms with E-state index in [-0.39, 0.29) is 41.8 Å². The lowest BCUT2D eigenvalue weighted by Gasteiger charge is -2.38. The lowest BCUT2D eigenvalue weighted by molar-refractivity contribution is -0.128. The van der Waals surface area contributed by atoms with E-state index in [1.807, 2.05) is 6.07 Å². The van der Waals surface area contributed by atoms with Crippen LogP contribution in [0.4, 0.5) is 20.4 Å². The van der Waals surface area contributed by atoms with Crippen LogP contribution in [-0.4, -0.2) is 56.2 Å². The molecule has 1 aliphatic carbocycles. The maximum Gasteiger partial charge on any atom is 0.229 e. The summed E-state index contributed by atoms with van der Waals surface area (Å²) in [7, 11) is 1.70. The fourth-order valence-corrected chi connectivity index (χ4v) is 6.37. The number of carbonyl (C=O) groups is 1. The topological polar surface area (TPSA) is 111 Å². The number of nitrogens with two attached hydrogens (primary N) is 1. The first kappa shape index (κ1) is 27.2. The number of hydrogen-bond acceptors (Lipinski definition) is 7. The number of imidazole rings is 1. The van der Waals surface area contributed by atoms with Gasteiger partial charge in [0.15, 0.2) is 0 Å². The van der Waals surface area contributed by atoms with Crippen molar-refractivity contribution in [2.24, 2.45) is 11.7 Å². The summed E-state index contributed by atoms with van der Waals surface area (Å²) in [5, 5.41) is 7.88. The van der Waals surface area contributed by atoms with Crippen LogP contribution in [0.3, 0.4) is 0 Å². The lowest BCUT2D eigenvalue weighted by atomic mass is 9.74. The zero-order valence-electron chi connectivity index (χ0n) is 23.1. The van der Waals surface area contributed by atoms with E-state index in [2.05, 4.69) is 27.3 Å². The van der Waals surface area contributed by atoms with Gasteiger partial charge in [0.05, 0.1) is 41.0 Å². The number of rotatable bonds is 7. The molecule has 4 aromatic rings. The van der Waals surface area contributed by atoms with Gasteiger partial charge in [0.25, 0.3) is 0 Å². The number of aromatic nitrogens is 4. The van der Waals surface area contributed by atoms with E-state index in [0.29, 0.717) is 35.9 Å². The third kappa shape index (κ3) is 5.27. The van der Waals surface area contributed by atoms with Gasteiger partial charge in [-0.1, -0.05) is 6.92 Å². The molecule has 4 atom stereocenters. The molecule has 1 aromatic carbocycles. The number of nitrogens with zero attached hydrogens (tertiary/aromatic N) is 5. The van der Waals surface area contributed by atoms with Gasteiger partial charge in [0, 0.05) is 38.9 Å². The van der Waals surface area contributed by atoms with Crippen LogP contribution in [0, 0.1) is 17.6 Å². The van der Waals surface area contributed by atoms with Crippen LogP contribution in [-0.2, 0) is 16.1 Å². The number of likely N-dealkylation sites (tertiary alicyclic amines) is 1. The number of hydrogen-bond donors (Lipinski definition) is 2. The number of pyridine rings is 1. The Bertz CT molecular complexity index is 1560. The molecule has 41 heavy (non-hydrogen) atoms. The van der Waals surface area contributed by atoms with Crippen LogP contribution < -0.4 is 11.1 Å². The van der Waals surface area contributed by atoms with Crippen molar-refractivity contribution in [1.29, 1.82) is 0 Å². The fraction of sp³-hybridized carbons (Fsp3) is 0.400. The summed E-state index contributed by atoms with van der Waals surface area (Å²) in [5.41, 5.74) is 9.24. The van der Waals surface area contributed by atoms with Crippen LogP contribution in [0.15, 0.2) is 48.9 Å². The number of anilines is 2. The van der Waals surface area contributed by atoms with Gasteiger partial charge >= 0.3 is 0 Å². The Morgan fingerprint density at radius 1 is 1.15 bits per heavy atom. The van der Waals surface area contributed by atoms with Crippen molar-refractivity contribution < 1.29 is 18.3 Å². The van der Waals surface area contributed by atoms with Gasteiger partial charge in [0.2, 0.25) is 11.9 Å².